The summed E-state index contributed by atoms with van der Waals surface area (Å²) in [5.74, 6) is 1.69. The van der Waals surface area contributed by atoms with E-state index >= 15 is 0 Å². The van der Waals surface area contributed by atoms with Crippen LogP contribution in [0.5, 0.6) is 0 Å². The molecule has 3 aromatic rings. The summed E-state index contributed by atoms with van der Waals surface area (Å²) < 4.78 is 3.61. The predicted molar refractivity (Wildman–Crippen MR) is 100.0 cm³/mol. The van der Waals surface area contributed by atoms with Gasteiger partial charge in [0.05, 0.1) is 11.3 Å². The van der Waals surface area contributed by atoms with Crippen molar-refractivity contribution in [2.24, 2.45) is 7.05 Å². The molecule has 0 radical (unpaired) electrons. The zero-order valence-corrected chi connectivity index (χ0v) is 15.7. The average molecular weight is 366 g/mol. The van der Waals surface area contributed by atoms with Crippen molar-refractivity contribution in [1.82, 2.24) is 34.2 Å². The third-order valence-corrected chi connectivity index (χ3v) is 5.02. The summed E-state index contributed by atoms with van der Waals surface area (Å²) in [6, 6.07) is 1.94. The van der Waals surface area contributed by atoms with Crippen molar-refractivity contribution in [3.8, 4) is 5.82 Å². The van der Waals surface area contributed by atoms with Gasteiger partial charge in [0.15, 0.2) is 0 Å². The smallest absolute Gasteiger partial charge is 0.257 e. The molecule has 0 bridgehead atoms. The van der Waals surface area contributed by atoms with Crippen molar-refractivity contribution >= 4 is 11.7 Å². The van der Waals surface area contributed by atoms with Gasteiger partial charge < -0.3 is 9.80 Å². The number of anilines is 1. The van der Waals surface area contributed by atoms with Gasteiger partial charge in [-0.15, -0.1) is 0 Å². The largest absolute Gasteiger partial charge is 0.353 e. The topological polar surface area (TPSA) is 85.0 Å². The number of aromatic nitrogens is 6. The van der Waals surface area contributed by atoms with E-state index in [4.69, 9.17) is 0 Å². The molecule has 1 aliphatic rings. The van der Waals surface area contributed by atoms with Gasteiger partial charge in [-0.3, -0.25) is 14.0 Å². The number of amides is 1. The van der Waals surface area contributed by atoms with Crippen LogP contribution in [-0.4, -0.2) is 66.3 Å². The molecule has 0 unspecified atom stereocenters. The Morgan fingerprint density at radius 1 is 1.07 bits per heavy atom. The first-order valence-corrected chi connectivity index (χ1v) is 8.89. The summed E-state index contributed by atoms with van der Waals surface area (Å²) in [5, 5.41) is 4.36. The minimum Gasteiger partial charge on any atom is -0.353 e. The van der Waals surface area contributed by atoms with Crippen LogP contribution in [0, 0.1) is 13.8 Å². The second-order valence-corrected chi connectivity index (χ2v) is 6.65. The fraction of sp³-hybridized carbons (Fsp3) is 0.389. The molecule has 3 aromatic heterocycles. The molecule has 0 aliphatic carbocycles. The molecule has 1 saturated heterocycles. The van der Waals surface area contributed by atoms with E-state index in [1.807, 2.05) is 42.6 Å². The lowest BCUT2D eigenvalue weighted by molar-refractivity contribution is 0.0745. The fourth-order valence-corrected chi connectivity index (χ4v) is 3.43. The molecule has 9 nitrogen and oxygen atoms in total. The summed E-state index contributed by atoms with van der Waals surface area (Å²) in [7, 11) is 1.87. The second kappa shape index (κ2) is 6.82. The monoisotopic (exact) mass is 366 g/mol. The maximum Gasteiger partial charge on any atom is 0.257 e. The van der Waals surface area contributed by atoms with Crippen LogP contribution < -0.4 is 4.90 Å². The fourth-order valence-electron chi connectivity index (χ4n) is 3.43. The number of aryl methyl sites for hydroxylation is 2. The molecule has 9 heteroatoms. The first-order chi connectivity index (χ1) is 13.0. The van der Waals surface area contributed by atoms with Crippen molar-refractivity contribution < 1.29 is 4.79 Å². The van der Waals surface area contributed by atoms with Gasteiger partial charge >= 0.3 is 0 Å². The highest BCUT2D eigenvalue weighted by Gasteiger charge is 2.27. The number of carbonyl (C=O) groups is 1. The lowest BCUT2D eigenvalue weighted by Crippen LogP contribution is -2.49. The Morgan fingerprint density at radius 2 is 1.81 bits per heavy atom. The highest BCUT2D eigenvalue weighted by molar-refractivity contribution is 5.96. The zero-order valence-electron chi connectivity index (χ0n) is 15.7. The number of piperazine rings is 1. The normalized spacial score (nSPS) is 14.6. The molecule has 0 spiro atoms. The Bertz CT molecular complexity index is 954. The lowest BCUT2D eigenvalue weighted by atomic mass is 10.1. The minimum atomic E-state index is 0.0551. The zero-order chi connectivity index (χ0) is 19.0. The summed E-state index contributed by atoms with van der Waals surface area (Å²) in [6.45, 7) is 6.57. The summed E-state index contributed by atoms with van der Waals surface area (Å²) in [4.78, 5) is 29.7. The number of hydrogen-bond donors (Lipinski definition) is 0. The van der Waals surface area contributed by atoms with Crippen LogP contribution in [0.15, 0.2) is 31.1 Å². The third-order valence-electron chi connectivity index (χ3n) is 5.02. The molecule has 0 aromatic carbocycles. The molecular weight excluding hydrogens is 344 g/mol. The quantitative estimate of drug-likeness (QED) is 0.687. The van der Waals surface area contributed by atoms with E-state index in [-0.39, 0.29) is 5.91 Å². The molecule has 4 heterocycles. The van der Waals surface area contributed by atoms with Crippen LogP contribution in [0.4, 0.5) is 5.82 Å². The van der Waals surface area contributed by atoms with E-state index in [0.717, 1.165) is 41.7 Å². The Morgan fingerprint density at radius 3 is 2.44 bits per heavy atom. The number of hydrogen-bond acceptors (Lipinski definition) is 6. The van der Waals surface area contributed by atoms with Crippen molar-refractivity contribution in [3.05, 3.63) is 48.1 Å². The van der Waals surface area contributed by atoms with Crippen molar-refractivity contribution in [3.63, 3.8) is 0 Å². The number of carbonyl (C=O) groups excluding carboxylic acids is 1. The first kappa shape index (κ1) is 17.2. The third kappa shape index (κ3) is 3.16. The van der Waals surface area contributed by atoms with E-state index < -0.39 is 0 Å². The van der Waals surface area contributed by atoms with Crippen molar-refractivity contribution in [2.45, 2.75) is 13.8 Å². The van der Waals surface area contributed by atoms with Crippen LogP contribution in [0.2, 0.25) is 0 Å². The second-order valence-electron chi connectivity index (χ2n) is 6.65. The number of imidazole rings is 1. The molecule has 140 valence electrons. The van der Waals surface area contributed by atoms with Crippen LogP contribution in [0.1, 0.15) is 21.7 Å². The Kier molecular flexibility index (Phi) is 4.35. The van der Waals surface area contributed by atoms with E-state index in [9.17, 15) is 4.79 Å². The van der Waals surface area contributed by atoms with Gasteiger partial charge in [-0.1, -0.05) is 0 Å². The van der Waals surface area contributed by atoms with Crippen LogP contribution >= 0.6 is 0 Å². The van der Waals surface area contributed by atoms with Crippen molar-refractivity contribution in [2.75, 3.05) is 31.1 Å². The van der Waals surface area contributed by atoms with Gasteiger partial charge in [-0.25, -0.2) is 15.0 Å². The number of rotatable bonds is 3. The standard InChI is InChI=1S/C18H22N8O/c1-13-17(14(2)23(3)22-13)18(27)25-8-6-24(7-9-25)15-10-16(21-11-20-15)26-5-4-19-12-26/h4-5,10-12H,6-9H2,1-3H3. The minimum absolute atomic E-state index is 0.0551. The molecular formula is C18H22N8O. The van der Waals surface area contributed by atoms with E-state index in [0.29, 0.717) is 13.1 Å². The van der Waals surface area contributed by atoms with Crippen LogP contribution in [0.3, 0.4) is 0 Å². The predicted octanol–water partition coefficient (Wildman–Crippen LogP) is 0.975. The maximum atomic E-state index is 12.9. The Balaban J connectivity index is 1.46. The highest BCUT2D eigenvalue weighted by atomic mass is 16.2. The molecule has 0 atom stereocenters. The molecule has 1 fully saturated rings. The summed E-state index contributed by atoms with van der Waals surface area (Å²) >= 11 is 0. The molecule has 0 N–H and O–H groups in total. The van der Waals surface area contributed by atoms with E-state index in [2.05, 4.69) is 25.0 Å². The summed E-state index contributed by atoms with van der Waals surface area (Å²) in [6.07, 6.45) is 6.84. The van der Waals surface area contributed by atoms with Gasteiger partial charge in [0.25, 0.3) is 5.91 Å². The molecule has 1 aliphatic heterocycles. The average Bonchev–Trinajstić information content (AvgIpc) is 3.30. The highest BCUT2D eigenvalue weighted by Crippen LogP contribution is 2.19. The van der Waals surface area contributed by atoms with Gasteiger partial charge in [0, 0.05) is 57.4 Å². The summed E-state index contributed by atoms with van der Waals surface area (Å²) in [5.41, 5.74) is 2.40. The molecule has 0 saturated carbocycles. The van der Waals surface area contributed by atoms with Gasteiger partial charge in [-0.05, 0) is 13.8 Å². The maximum absolute atomic E-state index is 12.9. The van der Waals surface area contributed by atoms with Crippen LogP contribution in [-0.2, 0) is 7.05 Å². The van der Waals surface area contributed by atoms with Gasteiger partial charge in [0.2, 0.25) is 0 Å². The molecule has 1 amide bonds. The first-order valence-electron chi connectivity index (χ1n) is 8.89. The van der Waals surface area contributed by atoms with Crippen molar-refractivity contribution in [1.29, 1.82) is 0 Å². The molecule has 27 heavy (non-hydrogen) atoms. The Hall–Kier alpha value is -3.23. The lowest BCUT2D eigenvalue weighted by Gasteiger charge is -2.35. The molecule has 4 rings (SSSR count). The Labute approximate surface area is 157 Å². The van der Waals surface area contributed by atoms with Gasteiger partial charge in [-0.2, -0.15) is 5.10 Å². The SMILES string of the molecule is Cc1nn(C)c(C)c1C(=O)N1CCN(c2cc(-n3ccnc3)ncn2)CC1. The van der Waals surface area contributed by atoms with E-state index in [1.165, 1.54) is 0 Å². The van der Waals surface area contributed by atoms with E-state index in [1.54, 1.807) is 23.5 Å². The van der Waals surface area contributed by atoms with Gasteiger partial charge in [0.1, 0.15) is 24.3 Å². The van der Waals surface area contributed by atoms with Crippen LogP contribution in [0.25, 0.3) is 5.82 Å². The number of nitrogens with zero attached hydrogens (tertiary/aromatic N) is 8.